The normalized spacial score (nSPS) is 22.0. The highest BCUT2D eigenvalue weighted by atomic mass is 31.2. The van der Waals surface area contributed by atoms with E-state index in [4.69, 9.17) is 28.5 Å². The third-order valence-corrected chi connectivity index (χ3v) is 7.47. The summed E-state index contributed by atoms with van der Waals surface area (Å²) in [5.41, 5.74) is -1.44. The van der Waals surface area contributed by atoms with Gasteiger partial charge < -0.3 is 18.5 Å². The van der Waals surface area contributed by atoms with Crippen molar-refractivity contribution in [2.75, 3.05) is 13.2 Å². The molecule has 0 unspecified atom stereocenters. The van der Waals surface area contributed by atoms with Crippen molar-refractivity contribution in [2.45, 2.75) is 78.7 Å². The third-order valence-electron chi connectivity index (χ3n) is 5.51. The molecule has 3 rings (SSSR count). The Kier molecular flexibility index (Phi) is 7.45. The van der Waals surface area contributed by atoms with Crippen LogP contribution >= 0.6 is 8.38 Å². The maximum Gasteiger partial charge on any atom is 0.216 e. The smallest absolute Gasteiger partial charge is 0.216 e. The molecule has 0 bridgehead atoms. The molecular weight excluding hydrogens is 411 g/mol. The number of rotatable bonds is 9. The summed E-state index contributed by atoms with van der Waals surface area (Å²) in [4.78, 5) is 9.57. The fourth-order valence-corrected chi connectivity index (χ4v) is 4.94. The molecule has 31 heavy (non-hydrogen) atoms. The monoisotopic (exact) mass is 448 g/mol. The topological polar surface area (TPSA) is 61.6 Å². The molecule has 0 fully saturated rings. The van der Waals surface area contributed by atoms with Crippen molar-refractivity contribution in [3.8, 4) is 0 Å². The van der Waals surface area contributed by atoms with Crippen molar-refractivity contribution >= 4 is 25.5 Å². The minimum absolute atomic E-state index is 0.160. The zero-order valence-corrected chi connectivity index (χ0v) is 21.0. The molecule has 1 aromatic rings. The average molecular weight is 449 g/mol. The number of benzene rings is 1. The largest absolute Gasteiger partial charge is 0.477 e. The Morgan fingerprint density at radius 1 is 0.806 bits per heavy atom. The van der Waals surface area contributed by atoms with Crippen LogP contribution in [0.5, 0.6) is 0 Å². The van der Waals surface area contributed by atoms with Crippen molar-refractivity contribution in [3.05, 3.63) is 30.3 Å². The second-order valence-corrected chi connectivity index (χ2v) is 11.3. The Bertz CT molecular complexity index is 757. The lowest BCUT2D eigenvalue weighted by atomic mass is 10.1. The highest BCUT2D eigenvalue weighted by molar-refractivity contribution is 7.56. The molecule has 0 saturated carbocycles. The van der Waals surface area contributed by atoms with Gasteiger partial charge in [-0.1, -0.05) is 45.9 Å². The molecule has 0 aromatic heterocycles. The first kappa shape index (κ1) is 24.2. The number of ether oxygens (including phenoxy) is 2. The van der Waals surface area contributed by atoms with Gasteiger partial charge in [0.25, 0.3) is 0 Å². The van der Waals surface area contributed by atoms with Gasteiger partial charge in [-0.05, 0) is 51.7 Å². The Labute approximate surface area is 188 Å². The summed E-state index contributed by atoms with van der Waals surface area (Å²) in [6, 6.07) is 10.4. The quantitative estimate of drug-likeness (QED) is 0.492. The van der Waals surface area contributed by atoms with Gasteiger partial charge in [-0.3, -0.25) is 0 Å². The van der Waals surface area contributed by atoms with Crippen molar-refractivity contribution in [1.29, 1.82) is 0 Å². The van der Waals surface area contributed by atoms with E-state index in [2.05, 4.69) is 27.7 Å². The molecule has 0 aliphatic carbocycles. The molecule has 0 amide bonds. The second kappa shape index (κ2) is 9.56. The van der Waals surface area contributed by atoms with Crippen LogP contribution < -0.4 is 5.30 Å². The standard InChI is InChI=1S/C24H37N2O4P/c1-16(2)19-14-27-21(25-19)23(5,6)29-31(18-12-10-9-11-13-18)30-24(7,8)22-26-20(15-28-22)17(3)4/h9-13,16-17,19-20H,14-15H2,1-8H3/t19-,20-/m1/s1. The van der Waals surface area contributed by atoms with Crippen LogP contribution in [0.2, 0.25) is 0 Å². The number of aliphatic imine (C=N–C) groups is 2. The molecule has 0 saturated heterocycles. The van der Waals surface area contributed by atoms with Crippen LogP contribution in [0.4, 0.5) is 0 Å². The van der Waals surface area contributed by atoms with E-state index in [-0.39, 0.29) is 12.1 Å². The highest BCUT2D eigenvalue weighted by Crippen LogP contribution is 2.47. The molecule has 6 nitrogen and oxygen atoms in total. The first-order chi connectivity index (χ1) is 14.5. The van der Waals surface area contributed by atoms with Gasteiger partial charge in [0, 0.05) is 5.30 Å². The lowest BCUT2D eigenvalue weighted by Gasteiger charge is -2.34. The summed E-state index contributed by atoms with van der Waals surface area (Å²) in [5.74, 6) is 2.10. The minimum Gasteiger partial charge on any atom is -0.477 e. The molecule has 2 heterocycles. The van der Waals surface area contributed by atoms with Crippen LogP contribution in [-0.4, -0.2) is 48.3 Å². The maximum absolute atomic E-state index is 6.58. The van der Waals surface area contributed by atoms with E-state index in [0.29, 0.717) is 36.8 Å². The van der Waals surface area contributed by atoms with Crippen LogP contribution in [0.3, 0.4) is 0 Å². The molecule has 0 radical (unpaired) electrons. The molecule has 0 spiro atoms. The van der Waals surface area contributed by atoms with E-state index in [1.807, 2.05) is 58.0 Å². The summed E-state index contributed by atoms with van der Waals surface area (Å²) < 4.78 is 25.0. The van der Waals surface area contributed by atoms with Crippen molar-refractivity contribution in [2.24, 2.45) is 21.8 Å². The Morgan fingerprint density at radius 2 is 1.23 bits per heavy atom. The van der Waals surface area contributed by atoms with Crippen molar-refractivity contribution < 1.29 is 18.5 Å². The van der Waals surface area contributed by atoms with E-state index in [0.717, 1.165) is 5.30 Å². The van der Waals surface area contributed by atoms with Gasteiger partial charge in [-0.25, -0.2) is 9.98 Å². The molecule has 2 aliphatic rings. The predicted octanol–water partition coefficient (Wildman–Crippen LogP) is 5.12. The van der Waals surface area contributed by atoms with Crippen LogP contribution in [0.25, 0.3) is 0 Å². The zero-order valence-electron chi connectivity index (χ0n) is 20.1. The minimum atomic E-state index is -1.44. The van der Waals surface area contributed by atoms with Crippen LogP contribution in [0.1, 0.15) is 55.4 Å². The first-order valence-electron chi connectivity index (χ1n) is 11.1. The zero-order chi connectivity index (χ0) is 22.8. The summed E-state index contributed by atoms with van der Waals surface area (Å²) in [5, 5.41) is 0.983. The SMILES string of the molecule is CC(C)[C@H]1COC(C(C)(C)OP(OC(C)(C)C2=N[C@@H](C(C)C)CO2)c2ccccc2)=N1. The lowest BCUT2D eigenvalue weighted by Crippen LogP contribution is -2.39. The van der Waals surface area contributed by atoms with Crippen molar-refractivity contribution in [3.63, 3.8) is 0 Å². The van der Waals surface area contributed by atoms with Crippen LogP contribution in [0.15, 0.2) is 40.3 Å². The summed E-state index contributed by atoms with van der Waals surface area (Å²) >= 11 is 0. The lowest BCUT2D eigenvalue weighted by molar-refractivity contribution is 0.0978. The van der Waals surface area contributed by atoms with E-state index in [1.165, 1.54) is 0 Å². The van der Waals surface area contributed by atoms with Gasteiger partial charge in [0.2, 0.25) is 20.2 Å². The van der Waals surface area contributed by atoms with Crippen LogP contribution in [0, 0.1) is 11.8 Å². The van der Waals surface area contributed by atoms with Gasteiger partial charge in [0.05, 0.1) is 12.1 Å². The van der Waals surface area contributed by atoms with Gasteiger partial charge in [0.1, 0.15) is 24.4 Å². The number of hydrogen-bond donors (Lipinski definition) is 0. The highest BCUT2D eigenvalue weighted by Gasteiger charge is 2.42. The Balaban J connectivity index is 1.83. The first-order valence-corrected chi connectivity index (χ1v) is 12.3. The molecule has 0 N–H and O–H groups in total. The molecule has 2 atom stereocenters. The Morgan fingerprint density at radius 3 is 1.58 bits per heavy atom. The molecule has 7 heteroatoms. The average Bonchev–Trinajstić information content (AvgIpc) is 3.38. The second-order valence-electron chi connectivity index (χ2n) is 9.91. The maximum atomic E-state index is 6.58. The van der Waals surface area contributed by atoms with Gasteiger partial charge in [-0.15, -0.1) is 0 Å². The fraction of sp³-hybridized carbons (Fsp3) is 0.667. The summed E-state index contributed by atoms with van der Waals surface area (Å²) in [7, 11) is -1.44. The van der Waals surface area contributed by atoms with Gasteiger partial charge >= 0.3 is 0 Å². The predicted molar refractivity (Wildman–Crippen MR) is 127 cm³/mol. The Hall–Kier alpha value is -1.49. The third kappa shape index (κ3) is 5.85. The molecule has 2 aliphatic heterocycles. The van der Waals surface area contributed by atoms with Crippen molar-refractivity contribution in [1.82, 2.24) is 0 Å². The number of nitrogens with zero attached hydrogens (tertiary/aromatic N) is 2. The summed E-state index contributed by atoms with van der Waals surface area (Å²) in [6.45, 7) is 17.8. The van der Waals surface area contributed by atoms with E-state index in [9.17, 15) is 0 Å². The molecule has 172 valence electrons. The van der Waals surface area contributed by atoms with E-state index in [1.54, 1.807) is 0 Å². The molecular formula is C24H37N2O4P. The van der Waals surface area contributed by atoms with E-state index < -0.39 is 19.6 Å². The van der Waals surface area contributed by atoms with E-state index >= 15 is 0 Å². The molecule has 1 aromatic carbocycles. The van der Waals surface area contributed by atoms with Gasteiger partial charge in [-0.2, -0.15) is 0 Å². The van der Waals surface area contributed by atoms with Crippen LogP contribution in [-0.2, 0) is 18.5 Å². The fourth-order valence-electron chi connectivity index (χ4n) is 3.29. The summed E-state index contributed by atoms with van der Waals surface area (Å²) in [6.07, 6.45) is 0. The number of hydrogen-bond acceptors (Lipinski definition) is 6. The van der Waals surface area contributed by atoms with Gasteiger partial charge in [0.15, 0.2) is 0 Å².